The average Bonchev–Trinajstić information content (AvgIpc) is 3.02. The molecule has 2 heterocycles. The quantitative estimate of drug-likeness (QED) is 0.619. The number of benzene rings is 1. The van der Waals surface area contributed by atoms with Crippen LogP contribution in [0.2, 0.25) is 5.02 Å². The summed E-state index contributed by atoms with van der Waals surface area (Å²) in [4.78, 5) is 1.40. The zero-order valence-corrected chi connectivity index (χ0v) is 14.5. The first-order valence-corrected chi connectivity index (χ1v) is 9.20. The van der Waals surface area contributed by atoms with Crippen molar-refractivity contribution in [2.75, 3.05) is 6.54 Å². The lowest BCUT2D eigenvalue weighted by Crippen LogP contribution is -2.22. The summed E-state index contributed by atoms with van der Waals surface area (Å²) in [5.74, 6) is 0. The monoisotopic (exact) mass is 335 g/mol. The number of rotatable bonds is 5. The van der Waals surface area contributed by atoms with Crippen LogP contribution >= 0.6 is 34.3 Å². The number of likely N-dealkylation sites (N-methyl/N-ethyl adjacent to an activating group) is 1. The second-order valence-corrected chi connectivity index (χ2v) is 7.68. The molecule has 1 unspecified atom stereocenters. The molecule has 1 atom stereocenters. The van der Waals surface area contributed by atoms with E-state index in [9.17, 15) is 0 Å². The maximum Gasteiger partial charge on any atom is 0.0456 e. The van der Waals surface area contributed by atoms with Crippen LogP contribution in [0.15, 0.2) is 35.7 Å². The molecule has 1 nitrogen and oxygen atoms in total. The molecule has 0 radical (unpaired) electrons. The molecule has 0 spiro atoms. The van der Waals surface area contributed by atoms with Crippen LogP contribution in [0.25, 0.3) is 9.40 Å². The van der Waals surface area contributed by atoms with Gasteiger partial charge in [0.25, 0.3) is 0 Å². The molecule has 0 amide bonds. The highest BCUT2D eigenvalue weighted by atomic mass is 35.5. The normalized spacial score (nSPS) is 12.9. The second kappa shape index (κ2) is 6.49. The van der Waals surface area contributed by atoms with E-state index >= 15 is 0 Å². The van der Waals surface area contributed by atoms with Crippen LogP contribution in [0.5, 0.6) is 0 Å². The van der Waals surface area contributed by atoms with E-state index < -0.39 is 0 Å². The van der Waals surface area contributed by atoms with Gasteiger partial charge >= 0.3 is 0 Å². The van der Waals surface area contributed by atoms with Crippen LogP contribution < -0.4 is 5.32 Å². The number of thiophene rings is 2. The van der Waals surface area contributed by atoms with Crippen LogP contribution in [0.4, 0.5) is 0 Å². The summed E-state index contributed by atoms with van der Waals surface area (Å²) >= 11 is 10.1. The van der Waals surface area contributed by atoms with Gasteiger partial charge in [-0.05, 0) is 54.6 Å². The Morgan fingerprint density at radius 2 is 2.05 bits per heavy atom. The minimum atomic E-state index is 0.333. The third-order valence-corrected chi connectivity index (χ3v) is 6.14. The van der Waals surface area contributed by atoms with E-state index in [0.717, 1.165) is 18.0 Å². The molecule has 110 valence electrons. The molecule has 0 saturated heterocycles. The first kappa shape index (κ1) is 15.0. The Kier molecular flexibility index (Phi) is 4.65. The molecule has 4 heteroatoms. The van der Waals surface area contributed by atoms with Gasteiger partial charge in [-0.15, -0.1) is 22.7 Å². The molecule has 3 aromatic rings. The van der Waals surface area contributed by atoms with E-state index in [-0.39, 0.29) is 0 Å². The van der Waals surface area contributed by atoms with E-state index in [1.165, 1.54) is 25.4 Å². The van der Waals surface area contributed by atoms with Gasteiger partial charge in [-0.1, -0.05) is 30.7 Å². The molecule has 0 fully saturated rings. The van der Waals surface area contributed by atoms with Crippen molar-refractivity contribution in [3.63, 3.8) is 0 Å². The molecule has 3 rings (SSSR count). The first-order valence-electron chi connectivity index (χ1n) is 7.12. The van der Waals surface area contributed by atoms with Crippen molar-refractivity contribution in [3.8, 4) is 0 Å². The minimum absolute atomic E-state index is 0.333. The fourth-order valence-electron chi connectivity index (χ4n) is 2.51. The van der Waals surface area contributed by atoms with Crippen molar-refractivity contribution < 1.29 is 0 Å². The van der Waals surface area contributed by atoms with Gasteiger partial charge in [0, 0.05) is 25.3 Å². The summed E-state index contributed by atoms with van der Waals surface area (Å²) in [7, 11) is 0. The lowest BCUT2D eigenvalue weighted by atomic mass is 10.0. The molecule has 0 aliphatic heterocycles. The summed E-state index contributed by atoms with van der Waals surface area (Å²) in [6, 6.07) is 11.2. The highest BCUT2D eigenvalue weighted by Gasteiger charge is 2.16. The smallest absolute Gasteiger partial charge is 0.0456 e. The number of hydrogen-bond acceptors (Lipinski definition) is 3. The Bertz CT molecular complexity index is 716. The van der Waals surface area contributed by atoms with Gasteiger partial charge in [-0.25, -0.2) is 0 Å². The molecule has 1 aromatic carbocycles. The summed E-state index contributed by atoms with van der Waals surface area (Å²) < 4.78 is 2.76. The Hall–Kier alpha value is -0.870. The van der Waals surface area contributed by atoms with Gasteiger partial charge in [0.2, 0.25) is 0 Å². The van der Waals surface area contributed by atoms with Gasteiger partial charge < -0.3 is 5.32 Å². The highest BCUT2D eigenvalue weighted by Crippen LogP contribution is 2.35. The molecular weight excluding hydrogens is 318 g/mol. The van der Waals surface area contributed by atoms with Crippen molar-refractivity contribution >= 4 is 43.7 Å². The number of nitrogens with one attached hydrogen (secondary N) is 1. The van der Waals surface area contributed by atoms with E-state index in [0.29, 0.717) is 6.04 Å². The average molecular weight is 336 g/mol. The Morgan fingerprint density at radius 1 is 1.19 bits per heavy atom. The fraction of sp³-hybridized carbons (Fsp3) is 0.294. The minimum Gasteiger partial charge on any atom is -0.309 e. The molecule has 0 bridgehead atoms. The van der Waals surface area contributed by atoms with E-state index in [1.54, 1.807) is 0 Å². The van der Waals surface area contributed by atoms with Crippen molar-refractivity contribution in [3.05, 3.63) is 56.7 Å². The SMILES string of the molecule is CCNC(Cc1ccc(C)cc1Cl)c1cc2sccc2s1. The number of hydrogen-bond donors (Lipinski definition) is 1. The van der Waals surface area contributed by atoms with Crippen LogP contribution in [-0.2, 0) is 6.42 Å². The highest BCUT2D eigenvalue weighted by molar-refractivity contribution is 7.26. The Balaban J connectivity index is 1.88. The van der Waals surface area contributed by atoms with Crippen molar-refractivity contribution in [2.24, 2.45) is 0 Å². The zero-order chi connectivity index (χ0) is 14.8. The maximum atomic E-state index is 6.40. The molecule has 0 saturated carbocycles. The molecule has 2 aromatic heterocycles. The lowest BCUT2D eigenvalue weighted by molar-refractivity contribution is 0.558. The number of fused-ring (bicyclic) bond motifs is 1. The van der Waals surface area contributed by atoms with Crippen molar-refractivity contribution in [1.82, 2.24) is 5.32 Å². The largest absolute Gasteiger partial charge is 0.309 e. The summed E-state index contributed by atoms with van der Waals surface area (Å²) in [6.07, 6.45) is 0.931. The standard InChI is InChI=1S/C17H18ClNS2/c1-3-19-14(9-12-5-4-11(2)8-13(12)18)16-10-17-15(21-16)6-7-20-17/h4-8,10,14,19H,3,9H2,1-2H3. The summed E-state index contributed by atoms with van der Waals surface area (Å²) in [5.41, 5.74) is 2.42. The summed E-state index contributed by atoms with van der Waals surface area (Å²) in [6.45, 7) is 5.18. The first-order chi connectivity index (χ1) is 10.2. The number of aryl methyl sites for hydroxylation is 1. The van der Waals surface area contributed by atoms with Crippen molar-refractivity contribution in [2.45, 2.75) is 26.3 Å². The third kappa shape index (κ3) is 3.32. The lowest BCUT2D eigenvalue weighted by Gasteiger charge is -2.17. The zero-order valence-electron chi connectivity index (χ0n) is 12.2. The van der Waals surface area contributed by atoms with Gasteiger partial charge in [0.1, 0.15) is 0 Å². The van der Waals surface area contributed by atoms with Crippen molar-refractivity contribution in [1.29, 1.82) is 0 Å². The molecular formula is C17H18ClNS2. The van der Waals surface area contributed by atoms with E-state index in [1.807, 2.05) is 28.7 Å². The van der Waals surface area contributed by atoms with Crippen LogP contribution in [0.3, 0.4) is 0 Å². The van der Waals surface area contributed by atoms with Crippen LogP contribution in [0, 0.1) is 6.92 Å². The number of halogens is 1. The molecule has 21 heavy (non-hydrogen) atoms. The molecule has 0 aliphatic carbocycles. The molecule has 0 aliphatic rings. The Morgan fingerprint density at radius 3 is 2.76 bits per heavy atom. The van der Waals surface area contributed by atoms with E-state index in [4.69, 9.17) is 11.6 Å². The molecule has 1 N–H and O–H groups in total. The third-order valence-electron chi connectivity index (χ3n) is 3.59. The fourth-order valence-corrected chi connectivity index (χ4v) is 5.02. The van der Waals surface area contributed by atoms with Crippen LogP contribution in [0.1, 0.15) is 29.0 Å². The van der Waals surface area contributed by atoms with E-state index in [2.05, 4.69) is 48.8 Å². The van der Waals surface area contributed by atoms with Gasteiger partial charge in [-0.3, -0.25) is 0 Å². The summed E-state index contributed by atoms with van der Waals surface area (Å²) in [5, 5.41) is 6.62. The van der Waals surface area contributed by atoms with Crippen LogP contribution in [-0.4, -0.2) is 6.54 Å². The topological polar surface area (TPSA) is 12.0 Å². The van der Waals surface area contributed by atoms with Gasteiger partial charge in [-0.2, -0.15) is 0 Å². The van der Waals surface area contributed by atoms with Gasteiger partial charge in [0.15, 0.2) is 0 Å². The van der Waals surface area contributed by atoms with Gasteiger partial charge in [0.05, 0.1) is 0 Å². The second-order valence-electron chi connectivity index (χ2n) is 5.21. The Labute approximate surface area is 138 Å². The maximum absolute atomic E-state index is 6.40. The predicted octanol–water partition coefficient (Wildman–Crippen LogP) is 5.82. The predicted molar refractivity (Wildman–Crippen MR) is 96.0 cm³/mol.